The molecule has 0 saturated carbocycles. The molecule has 1 aliphatic heterocycles. The second-order valence-corrected chi connectivity index (χ2v) is 13.0. The van der Waals surface area contributed by atoms with Gasteiger partial charge < -0.3 is 30.1 Å². The lowest BCUT2D eigenvalue weighted by molar-refractivity contribution is -0.268. The van der Waals surface area contributed by atoms with Crippen LogP contribution < -0.4 is 5.32 Å². The molecule has 1 fully saturated rings. The van der Waals surface area contributed by atoms with Crippen molar-refractivity contribution in [3.05, 3.63) is 119 Å². The molecule has 0 aliphatic carbocycles. The fraction of sp³-hybridized carbons (Fsp3) is 0.270. The zero-order valence-electron chi connectivity index (χ0n) is 27.3. The second-order valence-electron chi connectivity index (χ2n) is 12.0. The van der Waals surface area contributed by atoms with E-state index in [1.165, 1.54) is 11.8 Å². The third kappa shape index (κ3) is 8.37. The molecule has 1 aliphatic rings. The number of hydrogen-bond acceptors (Lipinski definition) is 10. The van der Waals surface area contributed by atoms with E-state index in [1.54, 1.807) is 28.9 Å². The van der Waals surface area contributed by atoms with Crippen molar-refractivity contribution in [1.82, 2.24) is 25.5 Å². The first-order valence-corrected chi connectivity index (χ1v) is 17.2. The van der Waals surface area contributed by atoms with Gasteiger partial charge in [-0.25, -0.2) is 0 Å². The molecule has 258 valence electrons. The maximum absolute atomic E-state index is 12.2. The van der Waals surface area contributed by atoms with Gasteiger partial charge in [0.2, 0.25) is 11.1 Å². The van der Waals surface area contributed by atoms with Crippen LogP contribution in [-0.4, -0.2) is 59.3 Å². The minimum atomic E-state index is -1.01. The molecule has 4 atom stereocenters. The molecule has 50 heavy (non-hydrogen) atoms. The average Bonchev–Trinajstić information content (AvgIpc) is 3.62. The highest BCUT2D eigenvalue weighted by molar-refractivity contribution is 7.99. The third-order valence-corrected chi connectivity index (χ3v) is 9.60. The summed E-state index contributed by atoms with van der Waals surface area (Å²) in [6.45, 7) is 2.32. The highest BCUT2D eigenvalue weighted by Gasteiger charge is 2.38. The van der Waals surface area contributed by atoms with Crippen molar-refractivity contribution in [2.75, 3.05) is 5.75 Å². The van der Waals surface area contributed by atoms with Crippen molar-refractivity contribution in [1.29, 1.82) is 0 Å². The minimum Gasteiger partial charge on any atom is -0.508 e. The Morgan fingerprint density at radius 1 is 0.900 bits per heavy atom. The first-order valence-electron chi connectivity index (χ1n) is 16.2. The maximum atomic E-state index is 12.2. The quantitative estimate of drug-likeness (QED) is 0.113. The van der Waals surface area contributed by atoms with Gasteiger partial charge in [-0.1, -0.05) is 91.5 Å². The Balaban J connectivity index is 1.21. The molecule has 4 aromatic carbocycles. The van der Waals surface area contributed by atoms with Crippen molar-refractivity contribution in [3.8, 4) is 22.6 Å². The lowest BCUT2D eigenvalue weighted by Gasteiger charge is -2.41. The Morgan fingerprint density at radius 2 is 1.62 bits per heavy atom. The number of benzene rings is 4. The number of phenolic OH excluding ortho intramolecular Hbond substituents is 1. The number of ether oxygens (including phenoxy) is 2. The summed E-state index contributed by atoms with van der Waals surface area (Å²) in [5.41, 5.74) is 6.13. The number of amides is 1. The van der Waals surface area contributed by atoms with Gasteiger partial charge in [0.1, 0.15) is 5.75 Å². The van der Waals surface area contributed by atoms with Gasteiger partial charge >= 0.3 is 5.97 Å². The molecule has 13 heteroatoms. The summed E-state index contributed by atoms with van der Waals surface area (Å²) in [6, 6.07) is 30.1. The van der Waals surface area contributed by atoms with Gasteiger partial charge in [0.15, 0.2) is 6.29 Å². The summed E-state index contributed by atoms with van der Waals surface area (Å²) in [6.07, 6.45) is -1.52. The summed E-state index contributed by atoms with van der Waals surface area (Å²) in [4.78, 5) is 23.0. The Labute approximate surface area is 293 Å². The van der Waals surface area contributed by atoms with Crippen molar-refractivity contribution < 1.29 is 34.4 Å². The van der Waals surface area contributed by atoms with E-state index < -0.39 is 12.3 Å². The van der Waals surface area contributed by atoms with E-state index in [9.17, 15) is 19.8 Å². The van der Waals surface area contributed by atoms with Crippen molar-refractivity contribution in [2.24, 2.45) is 5.92 Å². The summed E-state index contributed by atoms with van der Waals surface area (Å²) >= 11 is 1.47. The Hall–Kier alpha value is -5.08. The first kappa shape index (κ1) is 34.8. The number of aliphatic hydroxyl groups excluding tert-OH is 1. The zero-order valence-corrected chi connectivity index (χ0v) is 28.1. The van der Waals surface area contributed by atoms with Crippen LogP contribution >= 0.6 is 11.8 Å². The van der Waals surface area contributed by atoms with Gasteiger partial charge in [-0.3, -0.25) is 9.59 Å². The van der Waals surface area contributed by atoms with Gasteiger partial charge in [0.25, 0.3) is 0 Å². The van der Waals surface area contributed by atoms with Gasteiger partial charge in [-0.05, 0) is 62.5 Å². The highest BCUT2D eigenvalue weighted by atomic mass is 32.2. The van der Waals surface area contributed by atoms with E-state index >= 15 is 0 Å². The average molecular weight is 696 g/mol. The van der Waals surface area contributed by atoms with E-state index in [0.717, 1.165) is 39.1 Å². The number of carbonyl (C=O) groups is 2. The predicted molar refractivity (Wildman–Crippen MR) is 185 cm³/mol. The fourth-order valence-electron chi connectivity index (χ4n) is 5.77. The number of aromatic nitrogens is 4. The number of carboxylic acid groups (broad SMARTS) is 1. The number of aliphatic hydroxyl groups is 1. The molecule has 1 aromatic heterocycles. The number of aromatic hydroxyl groups is 1. The van der Waals surface area contributed by atoms with E-state index in [4.69, 9.17) is 14.6 Å². The minimum absolute atomic E-state index is 0.0469. The number of rotatable bonds is 13. The van der Waals surface area contributed by atoms with E-state index in [0.29, 0.717) is 10.9 Å². The van der Waals surface area contributed by atoms with Crippen LogP contribution in [0.4, 0.5) is 0 Å². The normalized spacial score (nSPS) is 18.8. The molecule has 0 bridgehead atoms. The number of tetrazole rings is 1. The number of hydrogen-bond donors (Lipinski definition) is 4. The largest absolute Gasteiger partial charge is 0.508 e. The molecule has 6 rings (SSSR count). The summed E-state index contributed by atoms with van der Waals surface area (Å²) in [7, 11) is 0. The molecule has 0 unspecified atom stereocenters. The molecule has 1 saturated heterocycles. The summed E-state index contributed by atoms with van der Waals surface area (Å²) in [5.74, 6) is -0.685. The number of aliphatic carboxylic acids is 1. The number of nitrogens with zero attached hydrogens (tertiary/aromatic N) is 4. The smallest absolute Gasteiger partial charge is 0.303 e. The van der Waals surface area contributed by atoms with Crippen LogP contribution in [0.15, 0.2) is 102 Å². The van der Waals surface area contributed by atoms with E-state index in [2.05, 4.69) is 27.8 Å². The lowest BCUT2D eigenvalue weighted by atomic mass is 9.91. The molecule has 4 N–H and O–H groups in total. The number of carboxylic acids is 1. The summed E-state index contributed by atoms with van der Waals surface area (Å²) < 4.78 is 14.9. The monoisotopic (exact) mass is 695 g/mol. The standard InChI is InChI=1S/C37H37N5O7S/c1-23-32(22-50-37-39-40-41-42(37)29-14-16-30(44)17-15-29)48-36(49-35(23)26-8-6-24(21-43)7-9-26)27-12-10-25(11-13-27)31-5-3-2-4-28(31)20-38-33(45)18-19-34(46)47/h2-17,23,32,35-36,43-44H,18-22H2,1H3,(H,38,45)(H,46,47)/t23-,32+,35+,36+/m1/s1. The van der Waals surface area contributed by atoms with Crippen LogP contribution in [-0.2, 0) is 32.2 Å². The van der Waals surface area contributed by atoms with Gasteiger partial charge in [0, 0.05) is 30.2 Å². The predicted octanol–water partition coefficient (Wildman–Crippen LogP) is 5.59. The van der Waals surface area contributed by atoms with E-state index in [-0.39, 0.29) is 55.8 Å². The number of carbonyl (C=O) groups excluding carboxylic acids is 1. The highest BCUT2D eigenvalue weighted by Crippen LogP contribution is 2.43. The van der Waals surface area contributed by atoms with E-state index in [1.807, 2.05) is 72.8 Å². The molecule has 5 aromatic rings. The molecular weight excluding hydrogens is 659 g/mol. The Morgan fingerprint density at radius 3 is 2.34 bits per heavy atom. The van der Waals surface area contributed by atoms with Crippen LogP contribution in [0.3, 0.4) is 0 Å². The Bertz CT molecular complexity index is 1900. The fourth-order valence-corrected chi connectivity index (χ4v) is 6.82. The van der Waals surface area contributed by atoms with Gasteiger partial charge in [0.05, 0.1) is 30.9 Å². The molecule has 2 heterocycles. The molecule has 1 amide bonds. The molecule has 0 spiro atoms. The van der Waals surface area contributed by atoms with Crippen molar-refractivity contribution >= 4 is 23.6 Å². The Kier molecular flexibility index (Phi) is 11.2. The van der Waals surface area contributed by atoms with Crippen LogP contribution in [0, 0.1) is 5.92 Å². The lowest BCUT2D eigenvalue weighted by Crippen LogP contribution is -2.38. The summed E-state index contributed by atoms with van der Waals surface area (Å²) in [5, 5.41) is 43.8. The number of nitrogens with one attached hydrogen (secondary N) is 1. The van der Waals surface area contributed by atoms with Crippen LogP contribution in [0.25, 0.3) is 16.8 Å². The second kappa shape index (κ2) is 16.1. The SMILES string of the molecule is C[C@@H]1[C@H](CSc2nnnn2-c2ccc(O)cc2)O[C@H](c2ccc(-c3ccccc3CNC(=O)CCC(=O)O)cc2)O[C@@H]1c1ccc(CO)cc1. The topological polar surface area (TPSA) is 169 Å². The van der Waals surface area contributed by atoms with Crippen LogP contribution in [0.1, 0.15) is 54.4 Å². The van der Waals surface area contributed by atoms with Gasteiger partial charge in [-0.2, -0.15) is 4.68 Å². The zero-order chi connectivity index (χ0) is 35.0. The van der Waals surface area contributed by atoms with Crippen molar-refractivity contribution in [2.45, 2.75) is 56.6 Å². The van der Waals surface area contributed by atoms with Crippen LogP contribution in [0.2, 0.25) is 0 Å². The van der Waals surface area contributed by atoms with Crippen molar-refractivity contribution in [3.63, 3.8) is 0 Å². The molecular formula is C37H37N5O7S. The molecule has 12 nitrogen and oxygen atoms in total. The first-order chi connectivity index (χ1) is 24.3. The number of thioether (sulfide) groups is 1. The maximum Gasteiger partial charge on any atom is 0.303 e. The number of phenols is 1. The van der Waals surface area contributed by atoms with Gasteiger partial charge in [-0.15, -0.1) is 5.10 Å². The third-order valence-electron chi connectivity index (χ3n) is 8.59. The van der Waals surface area contributed by atoms with Crippen LogP contribution in [0.5, 0.6) is 5.75 Å². The molecule has 0 radical (unpaired) electrons.